The second-order valence-electron chi connectivity index (χ2n) is 35.8. The van der Waals surface area contributed by atoms with Crippen LogP contribution in [-0.2, 0) is 57.4 Å². The molecular weight excluding hydrogens is 1830 g/mol. The summed E-state index contributed by atoms with van der Waals surface area (Å²) >= 11 is 6.95. The SMILES string of the molecule is CCC(=O)c1ccc2c(c1)N(C)CCN2C(=O)OC(C)(C)C.CN1CCCc2ccc(Br)cc21.CN1CCCc2ccc(C(=O)CN)cc21.CN1CCN(C(=O)OC(C)(C)C)c2ccc(Br)cc21.CN1CCN(C(=O)OC(C)(C)C)c2ccccc21.Cc1ccc2c(c1)N(C)CCN2C(=O)OC(C)(C)C.Cc1nnc(-c2ccc3c(c2)N(C)CCC3)o1.Cl.Cl.O=C=O.O=C=O. The van der Waals surface area contributed by atoms with Crippen LogP contribution in [0, 0.1) is 13.8 Å². The van der Waals surface area contributed by atoms with E-state index in [4.69, 9.17) is 48.3 Å². The Morgan fingerprint density at radius 1 is 0.377 bits per heavy atom. The molecule has 1 aromatic heterocycles. The third kappa shape index (κ3) is 32.2. The van der Waals surface area contributed by atoms with Crippen LogP contribution < -0.4 is 59.6 Å². The van der Waals surface area contributed by atoms with Gasteiger partial charge in [-0.05, 0) is 242 Å². The molecule has 0 bridgehead atoms. The van der Waals surface area contributed by atoms with Crippen LogP contribution in [0.25, 0.3) is 11.5 Å². The van der Waals surface area contributed by atoms with E-state index in [0.717, 1.165) is 107 Å². The van der Waals surface area contributed by atoms with Gasteiger partial charge in [-0.15, -0.1) is 35.0 Å². The maximum Gasteiger partial charge on any atom is 0.414 e. The van der Waals surface area contributed by atoms with E-state index in [2.05, 4.69) is 147 Å². The Labute approximate surface area is 795 Å². The van der Waals surface area contributed by atoms with Gasteiger partial charge < -0.3 is 63.4 Å². The summed E-state index contributed by atoms with van der Waals surface area (Å²) in [7, 11) is 14.4. The van der Waals surface area contributed by atoms with Crippen LogP contribution in [-0.4, -0.2) is 209 Å². The van der Waals surface area contributed by atoms with Crippen molar-refractivity contribution in [3.05, 3.63) is 182 Å². The molecule has 8 aromatic rings. The average molecular weight is 1960 g/mol. The molecule has 0 spiro atoms. The third-order valence-corrected chi connectivity index (χ3v) is 22.0. The summed E-state index contributed by atoms with van der Waals surface area (Å²) < 4.78 is 29.5. The number of anilines is 11. The van der Waals surface area contributed by atoms with Gasteiger partial charge in [0, 0.05) is 177 Å². The smallest absolute Gasteiger partial charge is 0.414 e. The lowest BCUT2D eigenvalue weighted by Crippen LogP contribution is -2.45. The van der Waals surface area contributed by atoms with Crippen molar-refractivity contribution >= 4 is 167 Å². The molecule has 8 heterocycles. The van der Waals surface area contributed by atoms with E-state index in [-0.39, 0.29) is 79.6 Å². The fourth-order valence-electron chi connectivity index (χ4n) is 14.7. The van der Waals surface area contributed by atoms with Gasteiger partial charge >= 0.3 is 36.7 Å². The summed E-state index contributed by atoms with van der Waals surface area (Å²) in [5.74, 6) is 1.32. The normalized spacial score (nSPS) is 14.3. The molecular formula is C97H130Br2Cl2N14O15. The minimum absolute atomic E-state index is 0. The number of hydrogen-bond donors (Lipinski definition) is 1. The lowest BCUT2D eigenvalue weighted by molar-refractivity contribution is -0.193. The van der Waals surface area contributed by atoms with Crippen LogP contribution in [0.15, 0.2) is 147 Å². The molecule has 0 saturated heterocycles. The number of rotatable bonds is 5. The van der Waals surface area contributed by atoms with E-state index in [1.165, 1.54) is 76.0 Å². The number of Topliss-reactive ketones (excluding diaryl/α,β-unsaturated/α-hetero) is 2. The molecule has 4 amide bonds. The van der Waals surface area contributed by atoms with Gasteiger partial charge in [0.05, 0.1) is 52.0 Å². The molecule has 7 aliphatic heterocycles. The van der Waals surface area contributed by atoms with Crippen molar-refractivity contribution in [2.24, 2.45) is 5.73 Å². The number of carbonyl (C=O) groups excluding carboxylic acids is 10. The number of nitrogens with two attached hydrogens (primary N) is 1. The zero-order valence-electron chi connectivity index (χ0n) is 79.2. The van der Waals surface area contributed by atoms with Gasteiger partial charge in [-0.1, -0.05) is 81.2 Å². The molecule has 0 unspecified atom stereocenters. The van der Waals surface area contributed by atoms with Crippen molar-refractivity contribution in [3.8, 4) is 11.5 Å². The molecule has 7 aliphatic rings. The highest BCUT2D eigenvalue weighted by Crippen LogP contribution is 2.40. The molecule has 0 aliphatic carbocycles. The number of para-hydroxylation sites is 2. The van der Waals surface area contributed by atoms with Crippen molar-refractivity contribution in [1.29, 1.82) is 0 Å². The average Bonchev–Trinajstić information content (AvgIpc) is 0.775. The zero-order chi connectivity index (χ0) is 94.9. The Kier molecular flexibility index (Phi) is 42.0. The zero-order valence-corrected chi connectivity index (χ0v) is 84.0. The van der Waals surface area contributed by atoms with Crippen molar-refractivity contribution < 1.29 is 71.3 Å². The largest absolute Gasteiger partial charge is 0.443 e. The first kappa shape index (κ1) is 109. The molecule has 0 radical (unpaired) electrons. The number of benzene rings is 7. The first-order valence-electron chi connectivity index (χ1n) is 43.0. The Morgan fingerprint density at radius 3 is 1.08 bits per heavy atom. The van der Waals surface area contributed by atoms with Crippen molar-refractivity contribution in [3.63, 3.8) is 0 Å². The number of aryl methyl sites for hydroxylation is 5. The Hall–Kier alpha value is -11.0. The monoisotopic (exact) mass is 1960 g/mol. The fraction of sp³-hybridized carbons (Fsp3) is 0.464. The lowest BCUT2D eigenvalue weighted by Gasteiger charge is -2.36. The predicted octanol–water partition coefficient (Wildman–Crippen LogP) is 19.3. The molecule has 29 nitrogen and oxygen atoms in total. The minimum atomic E-state index is -0.529. The van der Waals surface area contributed by atoms with E-state index >= 15 is 0 Å². The second kappa shape index (κ2) is 49.8. The number of ether oxygens (including phenoxy) is 4. The first-order chi connectivity index (χ1) is 60.2. The summed E-state index contributed by atoms with van der Waals surface area (Å²) in [6.07, 6.45) is 6.97. The number of amides is 4. The van der Waals surface area contributed by atoms with Gasteiger partial charge in [0.2, 0.25) is 11.8 Å². The topological polar surface area (TPSA) is 308 Å². The molecule has 0 atom stereocenters. The molecule has 706 valence electrons. The fourth-order valence-corrected chi connectivity index (χ4v) is 15.4. The van der Waals surface area contributed by atoms with Crippen molar-refractivity contribution in [2.45, 2.75) is 171 Å². The lowest BCUT2D eigenvalue weighted by atomic mass is 9.98. The van der Waals surface area contributed by atoms with Gasteiger partial charge in [-0.25, -0.2) is 19.2 Å². The summed E-state index contributed by atoms with van der Waals surface area (Å²) in [6, 6.07) is 44.2. The van der Waals surface area contributed by atoms with Gasteiger partial charge in [-0.3, -0.25) is 29.2 Å². The highest BCUT2D eigenvalue weighted by atomic mass is 79.9. The predicted molar refractivity (Wildman–Crippen MR) is 528 cm³/mol. The van der Waals surface area contributed by atoms with Gasteiger partial charge in [-0.2, -0.15) is 19.2 Å². The number of carbonyl (C=O) groups is 6. The summed E-state index contributed by atoms with van der Waals surface area (Å²) in [5.41, 5.74) is 22.7. The molecule has 0 saturated carbocycles. The van der Waals surface area contributed by atoms with Crippen LogP contribution in [0.5, 0.6) is 0 Å². The standard InChI is InChI=1S/C17H24N2O3.C15H22N2O2.C14H19BrN2O2.C14H20N2O2.C13H15N3O.C12H16N2O.C10H12BrN.2CO2.2ClH/c1-6-15(20)12-7-8-13-14(11-12)18(5)9-10-19(13)16(21)22-17(2,3)4;1-11-6-7-12-13(10-11)16(5)8-9-17(12)14(18)19-15(2,3)4;1-14(2,3)19-13(18)17-8-7-16(4)12-9-10(15)5-6-11(12)17;1-14(2,3)18-13(17)16-10-9-15(4)11-7-5-6-8-12(11)16;1-9-14-15-13(17-9)11-6-5-10-4-3-7-16(2)12(10)8-11;1-14-6-2-3-9-4-5-10(7-11(9)14)12(15)8-13;1-12-6-2-3-8-4-5-9(11)7-10(8)12;2*2-1-3;;/h7-8,11H,6,9-10H2,1-5H3;6-7,10H,8-9H2,1-5H3;5-6,9H,7-8H2,1-4H3;5-8H,9-10H2,1-4H3;5-6,8H,3-4,7H2,1-2H3;4-5,7H,2-3,6,8,13H2,1H3;4-5,7H,2-3,6H2,1H3;;;2*1H. The molecule has 15 rings (SSSR count). The summed E-state index contributed by atoms with van der Waals surface area (Å²) in [5, 5.41) is 7.92. The maximum absolute atomic E-state index is 12.4. The summed E-state index contributed by atoms with van der Waals surface area (Å²) in [4.78, 5) is 127. The number of nitrogens with zero attached hydrogens (tertiary/aromatic N) is 13. The van der Waals surface area contributed by atoms with E-state index in [0.29, 0.717) is 56.5 Å². The van der Waals surface area contributed by atoms with E-state index in [9.17, 15) is 28.8 Å². The summed E-state index contributed by atoms with van der Waals surface area (Å²) in [6.45, 7) is 37.3. The van der Waals surface area contributed by atoms with E-state index in [1.807, 2.05) is 203 Å². The minimum Gasteiger partial charge on any atom is -0.443 e. The molecule has 7 aromatic carbocycles. The molecule has 2 N–H and O–H groups in total. The first-order valence-corrected chi connectivity index (χ1v) is 44.5. The maximum atomic E-state index is 12.4. The molecule has 33 heteroatoms. The van der Waals surface area contributed by atoms with Crippen LogP contribution in [0.1, 0.15) is 165 Å². The van der Waals surface area contributed by atoms with Crippen LogP contribution in [0.3, 0.4) is 0 Å². The van der Waals surface area contributed by atoms with Crippen molar-refractivity contribution in [1.82, 2.24) is 10.2 Å². The highest BCUT2D eigenvalue weighted by Gasteiger charge is 2.35. The number of halogens is 4. The number of likely N-dealkylation sites (N-methyl/N-ethyl adjacent to an activating group) is 4. The van der Waals surface area contributed by atoms with Crippen LogP contribution in [0.4, 0.5) is 81.7 Å². The molecule has 130 heavy (non-hydrogen) atoms. The van der Waals surface area contributed by atoms with Crippen LogP contribution >= 0.6 is 56.7 Å². The van der Waals surface area contributed by atoms with E-state index < -0.39 is 22.4 Å². The highest BCUT2D eigenvalue weighted by molar-refractivity contribution is 9.10. The van der Waals surface area contributed by atoms with Gasteiger partial charge in [0.15, 0.2) is 11.6 Å². The number of fused-ring (bicyclic) bond motifs is 7. The van der Waals surface area contributed by atoms with E-state index in [1.54, 1.807) is 32.6 Å². The second-order valence-corrected chi connectivity index (χ2v) is 37.6. The number of hydrogen-bond acceptors (Lipinski definition) is 25. The van der Waals surface area contributed by atoms with Crippen molar-refractivity contribution in [2.75, 3.05) is 182 Å². The number of aromatic nitrogens is 2. The Balaban J connectivity index is 0.000000266. The number of ketones is 2. The Bertz CT molecular complexity index is 5110. The quantitative estimate of drug-likeness (QED) is 0.124. The van der Waals surface area contributed by atoms with Crippen LogP contribution in [0.2, 0.25) is 0 Å². The third-order valence-electron chi connectivity index (χ3n) is 21.0. The molecule has 0 fully saturated rings. The van der Waals surface area contributed by atoms with Gasteiger partial charge in [0.1, 0.15) is 22.4 Å². The van der Waals surface area contributed by atoms with Gasteiger partial charge in [0.25, 0.3) is 0 Å². The Morgan fingerprint density at radius 2 is 0.685 bits per heavy atom.